The first-order valence-corrected chi connectivity index (χ1v) is 7.39. The lowest BCUT2D eigenvalue weighted by atomic mass is 10.0. The van der Waals surface area contributed by atoms with Crippen LogP contribution in [0.1, 0.15) is 31.4 Å². The van der Waals surface area contributed by atoms with Crippen LogP contribution < -0.4 is 16.0 Å². The van der Waals surface area contributed by atoms with Crippen LogP contribution in [0.15, 0.2) is 24.3 Å². The molecule has 1 rings (SSSR count). The fourth-order valence-corrected chi connectivity index (χ4v) is 2.15. The van der Waals surface area contributed by atoms with Crippen LogP contribution in [-0.2, 0) is 0 Å². The van der Waals surface area contributed by atoms with Gasteiger partial charge in [-0.3, -0.25) is 11.3 Å². The Bertz CT molecular complexity index is 320. The van der Waals surface area contributed by atoms with Crippen molar-refractivity contribution >= 4 is 11.8 Å². The number of nitrogens with one attached hydrogen (secondary N) is 1. The lowest BCUT2D eigenvalue weighted by Crippen LogP contribution is -2.28. The van der Waals surface area contributed by atoms with Crippen LogP contribution in [0.3, 0.4) is 0 Å². The lowest BCUT2D eigenvalue weighted by Gasteiger charge is -2.19. The van der Waals surface area contributed by atoms with Crippen LogP contribution >= 0.6 is 11.8 Å². The minimum absolute atomic E-state index is 0.163. The van der Waals surface area contributed by atoms with Crippen LogP contribution in [0.25, 0.3) is 0 Å². The maximum absolute atomic E-state index is 5.75. The van der Waals surface area contributed by atoms with E-state index >= 15 is 0 Å². The highest BCUT2D eigenvalue weighted by Gasteiger charge is 2.13. The largest absolute Gasteiger partial charge is 0.493 e. The van der Waals surface area contributed by atoms with E-state index in [2.05, 4.69) is 24.7 Å². The average molecular weight is 254 g/mol. The molecular formula is C13H22N2OS. The van der Waals surface area contributed by atoms with Gasteiger partial charge < -0.3 is 4.74 Å². The summed E-state index contributed by atoms with van der Waals surface area (Å²) in [6.07, 6.45) is 4.12. The summed E-state index contributed by atoms with van der Waals surface area (Å²) in [5.74, 6) is 7.65. The van der Waals surface area contributed by atoms with Gasteiger partial charge in [0.05, 0.1) is 12.6 Å². The quantitative estimate of drug-likeness (QED) is 0.553. The Morgan fingerprint density at radius 1 is 1.41 bits per heavy atom. The van der Waals surface area contributed by atoms with Crippen molar-refractivity contribution in [2.75, 3.05) is 18.6 Å². The Kier molecular flexibility index (Phi) is 7.08. The summed E-state index contributed by atoms with van der Waals surface area (Å²) in [7, 11) is 0. The highest BCUT2D eigenvalue weighted by atomic mass is 32.2. The van der Waals surface area contributed by atoms with Crippen LogP contribution in [0.4, 0.5) is 0 Å². The van der Waals surface area contributed by atoms with Gasteiger partial charge >= 0.3 is 0 Å². The van der Waals surface area contributed by atoms with Crippen molar-refractivity contribution in [1.29, 1.82) is 0 Å². The van der Waals surface area contributed by atoms with Gasteiger partial charge in [-0.2, -0.15) is 11.8 Å². The van der Waals surface area contributed by atoms with E-state index in [1.807, 2.05) is 30.0 Å². The number of nitrogens with two attached hydrogens (primary N) is 1. The zero-order valence-electron chi connectivity index (χ0n) is 10.6. The SMILES string of the molecule is CCCOc1ccccc1C(CCSC)NN. The molecule has 3 nitrogen and oxygen atoms in total. The minimum Gasteiger partial charge on any atom is -0.493 e. The zero-order chi connectivity index (χ0) is 12.5. The first-order valence-electron chi connectivity index (χ1n) is 6.00. The summed E-state index contributed by atoms with van der Waals surface area (Å²) in [6.45, 7) is 2.85. The van der Waals surface area contributed by atoms with Gasteiger partial charge in [-0.05, 0) is 30.9 Å². The molecule has 0 aliphatic rings. The maximum Gasteiger partial charge on any atom is 0.124 e. The van der Waals surface area contributed by atoms with Gasteiger partial charge in [-0.25, -0.2) is 0 Å². The molecule has 0 bridgehead atoms. The highest BCUT2D eigenvalue weighted by Crippen LogP contribution is 2.27. The second-order valence-corrected chi connectivity index (χ2v) is 4.87. The van der Waals surface area contributed by atoms with E-state index in [0.717, 1.165) is 36.5 Å². The molecule has 17 heavy (non-hydrogen) atoms. The molecule has 1 unspecified atom stereocenters. The third-order valence-electron chi connectivity index (χ3n) is 2.57. The molecule has 96 valence electrons. The van der Waals surface area contributed by atoms with Gasteiger partial charge in [0.2, 0.25) is 0 Å². The molecule has 0 amide bonds. The Hall–Kier alpha value is -0.710. The van der Waals surface area contributed by atoms with Crippen molar-refractivity contribution < 1.29 is 4.74 Å². The van der Waals surface area contributed by atoms with Gasteiger partial charge in [0, 0.05) is 5.56 Å². The molecule has 0 fully saturated rings. The Labute approximate surface area is 108 Å². The van der Waals surface area contributed by atoms with E-state index < -0.39 is 0 Å². The van der Waals surface area contributed by atoms with Crippen LogP contribution in [0.2, 0.25) is 0 Å². The second kappa shape index (κ2) is 8.39. The molecule has 0 aromatic heterocycles. The Morgan fingerprint density at radius 2 is 2.18 bits per heavy atom. The summed E-state index contributed by atoms with van der Waals surface area (Å²) in [5.41, 5.74) is 4.03. The molecule has 0 saturated carbocycles. The van der Waals surface area contributed by atoms with E-state index in [0.29, 0.717) is 0 Å². The molecule has 0 saturated heterocycles. The predicted octanol–water partition coefficient (Wildman–Crippen LogP) is 2.73. The van der Waals surface area contributed by atoms with E-state index in [-0.39, 0.29) is 6.04 Å². The number of thioether (sulfide) groups is 1. The molecule has 0 radical (unpaired) electrons. The first kappa shape index (κ1) is 14.4. The summed E-state index contributed by atoms with van der Waals surface area (Å²) in [4.78, 5) is 0. The predicted molar refractivity (Wildman–Crippen MR) is 75.3 cm³/mol. The van der Waals surface area contributed by atoms with Gasteiger partial charge in [-0.1, -0.05) is 25.1 Å². The number of hydrazine groups is 1. The highest BCUT2D eigenvalue weighted by molar-refractivity contribution is 7.98. The van der Waals surface area contributed by atoms with Crippen molar-refractivity contribution in [2.45, 2.75) is 25.8 Å². The standard InChI is InChI=1S/C13H22N2OS/c1-3-9-16-13-7-5-4-6-11(13)12(15-14)8-10-17-2/h4-7,12,15H,3,8-10,14H2,1-2H3. The van der Waals surface area contributed by atoms with Crippen LogP contribution in [-0.4, -0.2) is 18.6 Å². The molecule has 4 heteroatoms. The normalized spacial score (nSPS) is 12.4. The summed E-state index contributed by atoms with van der Waals surface area (Å²) in [5, 5.41) is 0. The van der Waals surface area contributed by atoms with Gasteiger partial charge in [0.1, 0.15) is 5.75 Å². The fraction of sp³-hybridized carbons (Fsp3) is 0.538. The van der Waals surface area contributed by atoms with Crippen molar-refractivity contribution in [3.05, 3.63) is 29.8 Å². The van der Waals surface area contributed by atoms with E-state index in [4.69, 9.17) is 10.6 Å². The summed E-state index contributed by atoms with van der Waals surface area (Å²) >= 11 is 1.83. The van der Waals surface area contributed by atoms with E-state index in [9.17, 15) is 0 Å². The Balaban J connectivity index is 2.77. The number of para-hydroxylation sites is 1. The third kappa shape index (κ3) is 4.58. The number of hydrogen-bond donors (Lipinski definition) is 2. The molecule has 0 spiro atoms. The first-order chi connectivity index (χ1) is 8.33. The number of rotatable bonds is 8. The van der Waals surface area contributed by atoms with Gasteiger partial charge in [-0.15, -0.1) is 0 Å². The summed E-state index contributed by atoms with van der Waals surface area (Å²) < 4.78 is 5.75. The molecule has 1 aromatic carbocycles. The zero-order valence-corrected chi connectivity index (χ0v) is 11.4. The number of hydrogen-bond acceptors (Lipinski definition) is 4. The second-order valence-electron chi connectivity index (χ2n) is 3.89. The molecule has 0 aliphatic carbocycles. The molecule has 1 aromatic rings. The van der Waals surface area contributed by atoms with E-state index in [1.54, 1.807) is 0 Å². The van der Waals surface area contributed by atoms with Crippen molar-refractivity contribution in [1.82, 2.24) is 5.43 Å². The smallest absolute Gasteiger partial charge is 0.124 e. The average Bonchev–Trinajstić information content (AvgIpc) is 2.38. The molecule has 0 heterocycles. The summed E-state index contributed by atoms with van der Waals surface area (Å²) in [6, 6.07) is 8.27. The number of ether oxygens (including phenoxy) is 1. The molecule has 0 aliphatic heterocycles. The van der Waals surface area contributed by atoms with Crippen molar-refractivity contribution in [3.63, 3.8) is 0 Å². The van der Waals surface area contributed by atoms with Gasteiger partial charge in [0.15, 0.2) is 0 Å². The van der Waals surface area contributed by atoms with E-state index in [1.165, 1.54) is 0 Å². The third-order valence-corrected chi connectivity index (χ3v) is 3.21. The lowest BCUT2D eigenvalue weighted by molar-refractivity contribution is 0.309. The van der Waals surface area contributed by atoms with Gasteiger partial charge in [0.25, 0.3) is 0 Å². The minimum atomic E-state index is 0.163. The maximum atomic E-state index is 5.75. The Morgan fingerprint density at radius 3 is 2.82 bits per heavy atom. The fourth-order valence-electron chi connectivity index (χ4n) is 1.68. The molecule has 3 N–H and O–H groups in total. The molecule has 1 atom stereocenters. The topological polar surface area (TPSA) is 47.3 Å². The van der Waals surface area contributed by atoms with Crippen molar-refractivity contribution in [3.8, 4) is 5.75 Å². The van der Waals surface area contributed by atoms with Crippen LogP contribution in [0, 0.1) is 0 Å². The van der Waals surface area contributed by atoms with Crippen molar-refractivity contribution in [2.24, 2.45) is 5.84 Å². The number of benzene rings is 1. The molecular weight excluding hydrogens is 232 g/mol. The monoisotopic (exact) mass is 254 g/mol. The van der Waals surface area contributed by atoms with Crippen LogP contribution in [0.5, 0.6) is 5.75 Å².